The van der Waals surface area contributed by atoms with Crippen LogP contribution in [0.15, 0.2) is 11.6 Å². The molecule has 0 aromatic heterocycles. The van der Waals surface area contributed by atoms with Crippen molar-refractivity contribution < 1.29 is 14.2 Å². The Labute approximate surface area is 107 Å². The Kier molecular flexibility index (Phi) is 1.49. The van der Waals surface area contributed by atoms with Crippen molar-refractivity contribution in [1.29, 1.82) is 0 Å². The minimum absolute atomic E-state index is 0.0308. The van der Waals surface area contributed by atoms with Crippen molar-refractivity contribution in [1.82, 2.24) is 0 Å². The van der Waals surface area contributed by atoms with E-state index in [2.05, 4.69) is 26.8 Å². The Morgan fingerprint density at radius 2 is 2.17 bits per heavy atom. The molecule has 3 heteroatoms. The highest BCUT2D eigenvalue weighted by atomic mass is 16.9. The summed E-state index contributed by atoms with van der Waals surface area (Å²) in [6.07, 6.45) is 6.28. The van der Waals surface area contributed by atoms with E-state index in [1.54, 1.807) is 0 Å². The van der Waals surface area contributed by atoms with Crippen LogP contribution < -0.4 is 0 Å². The summed E-state index contributed by atoms with van der Waals surface area (Å²) >= 11 is 0. The second-order valence-corrected chi connectivity index (χ2v) is 7.38. The maximum atomic E-state index is 6.21. The van der Waals surface area contributed by atoms with Gasteiger partial charge in [0.2, 0.25) is 5.79 Å². The highest BCUT2D eigenvalue weighted by Gasteiger charge is 2.94. The third-order valence-corrected chi connectivity index (χ3v) is 6.26. The third-order valence-electron chi connectivity index (χ3n) is 6.26. The van der Waals surface area contributed by atoms with Crippen LogP contribution in [-0.4, -0.2) is 23.8 Å². The molecule has 5 rings (SSSR count). The normalized spacial score (nSPS) is 62.1. The average molecular weight is 248 g/mol. The monoisotopic (exact) mass is 248 g/mol. The summed E-state index contributed by atoms with van der Waals surface area (Å²) in [5.74, 6) is 1.03. The van der Waals surface area contributed by atoms with Gasteiger partial charge in [-0.1, -0.05) is 25.5 Å². The minimum Gasteiger partial charge on any atom is -0.338 e. The van der Waals surface area contributed by atoms with Crippen molar-refractivity contribution >= 4 is 0 Å². The summed E-state index contributed by atoms with van der Waals surface area (Å²) in [4.78, 5) is 0. The molecule has 6 unspecified atom stereocenters. The van der Waals surface area contributed by atoms with Gasteiger partial charge in [-0.15, -0.1) is 0 Å². The van der Waals surface area contributed by atoms with Gasteiger partial charge in [0, 0.05) is 11.8 Å². The number of rotatable bonds is 0. The van der Waals surface area contributed by atoms with E-state index in [1.807, 2.05) is 0 Å². The quantitative estimate of drug-likeness (QED) is 0.488. The minimum atomic E-state index is -0.306. The molecule has 0 spiro atoms. The van der Waals surface area contributed by atoms with Gasteiger partial charge in [-0.3, -0.25) is 0 Å². The summed E-state index contributed by atoms with van der Waals surface area (Å²) in [6.45, 7) is 6.99. The maximum Gasteiger partial charge on any atom is 0.205 e. The molecule has 0 aromatic rings. The molecule has 98 valence electrons. The zero-order valence-electron chi connectivity index (χ0n) is 11.2. The molecule has 0 bridgehead atoms. The van der Waals surface area contributed by atoms with Gasteiger partial charge >= 0.3 is 0 Å². The predicted molar refractivity (Wildman–Crippen MR) is 64.7 cm³/mol. The van der Waals surface area contributed by atoms with Gasteiger partial charge in [-0.05, 0) is 31.6 Å². The van der Waals surface area contributed by atoms with Crippen molar-refractivity contribution in [2.75, 3.05) is 0 Å². The number of hydrogen-bond acceptors (Lipinski definition) is 3. The lowest BCUT2D eigenvalue weighted by atomic mass is 9.54. The van der Waals surface area contributed by atoms with Crippen LogP contribution in [0.4, 0.5) is 0 Å². The van der Waals surface area contributed by atoms with Gasteiger partial charge in [0.05, 0.1) is 0 Å². The second-order valence-electron chi connectivity index (χ2n) is 7.38. The first-order valence-corrected chi connectivity index (χ1v) is 7.21. The molecular weight excluding hydrogens is 228 g/mol. The molecule has 3 aliphatic heterocycles. The molecule has 4 fully saturated rings. The lowest BCUT2D eigenvalue weighted by Gasteiger charge is -2.48. The Hall–Kier alpha value is -0.380. The Morgan fingerprint density at radius 3 is 3.00 bits per heavy atom. The van der Waals surface area contributed by atoms with E-state index in [4.69, 9.17) is 14.2 Å². The lowest BCUT2D eigenvalue weighted by molar-refractivity contribution is -0.114. The molecule has 0 radical (unpaired) electrons. The first-order valence-electron chi connectivity index (χ1n) is 7.21. The molecule has 0 N–H and O–H groups in total. The summed E-state index contributed by atoms with van der Waals surface area (Å²) in [5, 5.41) is 0. The molecule has 6 atom stereocenters. The molecule has 0 aromatic carbocycles. The third kappa shape index (κ3) is 0.851. The van der Waals surface area contributed by atoms with Crippen molar-refractivity contribution in [2.45, 2.75) is 63.8 Å². The van der Waals surface area contributed by atoms with Crippen LogP contribution >= 0.6 is 0 Å². The largest absolute Gasteiger partial charge is 0.338 e. The van der Waals surface area contributed by atoms with Gasteiger partial charge in [0.25, 0.3) is 0 Å². The van der Waals surface area contributed by atoms with Gasteiger partial charge < -0.3 is 14.2 Å². The molecule has 3 heterocycles. The van der Waals surface area contributed by atoms with Crippen LogP contribution in [0.25, 0.3) is 0 Å². The van der Waals surface area contributed by atoms with E-state index in [0.29, 0.717) is 11.8 Å². The molecular formula is C15H20O3. The molecule has 3 nitrogen and oxygen atoms in total. The van der Waals surface area contributed by atoms with Crippen molar-refractivity contribution in [2.24, 2.45) is 17.3 Å². The van der Waals surface area contributed by atoms with Crippen LogP contribution in [0, 0.1) is 17.3 Å². The fraction of sp³-hybridized carbons (Fsp3) is 0.867. The molecule has 5 aliphatic rings. The van der Waals surface area contributed by atoms with Crippen molar-refractivity contribution in [3.05, 3.63) is 11.6 Å². The van der Waals surface area contributed by atoms with Crippen LogP contribution in [0.5, 0.6) is 0 Å². The highest BCUT2D eigenvalue weighted by Crippen LogP contribution is 2.78. The number of epoxide rings is 2. The van der Waals surface area contributed by atoms with E-state index in [9.17, 15) is 0 Å². The SMILES string of the molecule is CC1=CC2CC34OC5OC5C3(O4)C(C)(C)C2CC1. The van der Waals surface area contributed by atoms with Crippen LogP contribution in [0.2, 0.25) is 0 Å². The average Bonchev–Trinajstić information content (AvgIpc) is 3.15. The fourth-order valence-corrected chi connectivity index (χ4v) is 5.36. The zero-order chi connectivity index (χ0) is 12.3. The lowest BCUT2D eigenvalue weighted by Crippen LogP contribution is -2.54. The van der Waals surface area contributed by atoms with E-state index in [-0.39, 0.29) is 29.2 Å². The topological polar surface area (TPSA) is 34.3 Å². The van der Waals surface area contributed by atoms with E-state index >= 15 is 0 Å². The Balaban J connectivity index is 1.63. The summed E-state index contributed by atoms with van der Waals surface area (Å²) < 4.78 is 17.9. The first kappa shape index (κ1) is 10.4. The molecule has 2 aliphatic carbocycles. The molecule has 18 heavy (non-hydrogen) atoms. The number of ether oxygens (including phenoxy) is 3. The van der Waals surface area contributed by atoms with Gasteiger partial charge in [-0.25, -0.2) is 0 Å². The van der Waals surface area contributed by atoms with E-state index in [0.717, 1.165) is 6.42 Å². The Bertz CT molecular complexity index is 482. The number of fused-ring (bicyclic) bond motifs is 2. The van der Waals surface area contributed by atoms with Crippen LogP contribution in [0.1, 0.15) is 40.0 Å². The molecule has 1 saturated carbocycles. The standard InChI is InChI=1S/C15H20O3/c1-8-4-5-10-9(6-8)7-14-15(18-14,13(10,2)3)11-12(16-11)17-14/h6,9-12H,4-5,7H2,1-3H3. The summed E-state index contributed by atoms with van der Waals surface area (Å²) in [5.41, 5.74) is 1.56. The van der Waals surface area contributed by atoms with Gasteiger partial charge in [-0.2, -0.15) is 0 Å². The van der Waals surface area contributed by atoms with Crippen LogP contribution in [0.3, 0.4) is 0 Å². The van der Waals surface area contributed by atoms with Gasteiger partial charge in [0.15, 0.2) is 11.9 Å². The van der Waals surface area contributed by atoms with E-state index in [1.165, 1.54) is 18.4 Å². The predicted octanol–water partition coefficient (Wildman–Crippen LogP) is 2.61. The maximum absolute atomic E-state index is 6.21. The number of hydrogen-bond donors (Lipinski definition) is 0. The van der Waals surface area contributed by atoms with Crippen molar-refractivity contribution in [3.8, 4) is 0 Å². The number of allylic oxidation sites excluding steroid dienone is 2. The first-order chi connectivity index (χ1) is 8.50. The summed E-state index contributed by atoms with van der Waals surface area (Å²) in [6, 6.07) is 0. The smallest absolute Gasteiger partial charge is 0.205 e. The van der Waals surface area contributed by atoms with Gasteiger partial charge in [0.1, 0.15) is 6.10 Å². The zero-order valence-corrected chi connectivity index (χ0v) is 11.2. The highest BCUT2D eigenvalue weighted by molar-refractivity contribution is 5.35. The molecule has 3 saturated heterocycles. The fourth-order valence-electron chi connectivity index (χ4n) is 5.36. The Morgan fingerprint density at radius 1 is 1.33 bits per heavy atom. The second kappa shape index (κ2) is 2.58. The van der Waals surface area contributed by atoms with E-state index < -0.39 is 0 Å². The van der Waals surface area contributed by atoms with Crippen molar-refractivity contribution in [3.63, 3.8) is 0 Å². The molecule has 0 amide bonds. The summed E-state index contributed by atoms with van der Waals surface area (Å²) in [7, 11) is 0. The van der Waals surface area contributed by atoms with Crippen LogP contribution in [-0.2, 0) is 14.2 Å².